The molecule has 1 heterocycles. The van der Waals surface area contributed by atoms with E-state index in [1.165, 1.54) is 17.0 Å². The Bertz CT molecular complexity index is 530. The topological polar surface area (TPSA) is 3.01 Å². The number of para-hydroxylation sites is 1. The number of allylic oxidation sites excluding steroid dienone is 3. The average Bonchev–Trinajstić information content (AvgIpc) is 2.46. The summed E-state index contributed by atoms with van der Waals surface area (Å²) in [5.74, 6) is 0. The molecule has 1 aromatic rings. The minimum absolute atomic E-state index is 0.0668. The molecule has 1 aliphatic heterocycles. The highest BCUT2D eigenvalue weighted by molar-refractivity contribution is 6.03. The highest BCUT2D eigenvalue weighted by Gasteiger charge is 2.42. The van der Waals surface area contributed by atoms with Crippen molar-refractivity contribution in [1.29, 1.82) is 0 Å². The van der Waals surface area contributed by atoms with E-state index < -0.39 is 0 Å². The minimum atomic E-state index is 0.0668. The maximum atomic E-state index is 3.92. The van der Waals surface area contributed by atoms with E-state index in [2.05, 4.69) is 68.5 Å². The van der Waals surface area contributed by atoms with E-state index in [9.17, 15) is 0 Å². The van der Waals surface area contributed by atoms with Crippen molar-refractivity contribution >= 4 is 11.4 Å². The molecule has 88 valence electrons. The molecule has 0 aromatic heterocycles. The average molecular weight is 226 g/mol. The van der Waals surface area contributed by atoms with E-state index in [-0.39, 0.29) is 5.41 Å². The van der Waals surface area contributed by atoms with E-state index in [4.69, 9.17) is 0 Å². The molecule has 2 rings (SSSR count). The van der Waals surface area contributed by atoms with Gasteiger partial charge in [0.05, 0.1) is 5.41 Å². The Labute approximate surface area is 104 Å². The van der Waals surface area contributed by atoms with Gasteiger partial charge in [0.15, 0.2) is 5.71 Å². The molecule has 0 saturated heterocycles. The number of rotatable bonds is 2. The molecular weight excluding hydrogens is 206 g/mol. The van der Waals surface area contributed by atoms with Gasteiger partial charge in [-0.15, -0.1) is 0 Å². The monoisotopic (exact) mass is 226 g/mol. The zero-order chi connectivity index (χ0) is 12.6. The molecule has 0 unspecified atom stereocenters. The first-order valence-electron chi connectivity index (χ1n) is 5.99. The first kappa shape index (κ1) is 11.8. The summed E-state index contributed by atoms with van der Waals surface area (Å²) >= 11 is 0. The molecule has 0 fully saturated rings. The van der Waals surface area contributed by atoms with Gasteiger partial charge < -0.3 is 0 Å². The fraction of sp³-hybridized carbons (Fsp3) is 0.312. The van der Waals surface area contributed by atoms with Crippen LogP contribution in [0.3, 0.4) is 0 Å². The van der Waals surface area contributed by atoms with Crippen molar-refractivity contribution in [2.45, 2.75) is 26.2 Å². The molecule has 1 nitrogen and oxygen atoms in total. The lowest BCUT2D eigenvalue weighted by molar-refractivity contribution is -0.401. The standard InChI is InChI=1S/C16H20N/c1-12(2)10-11-15-16(3,4)13-8-6-7-9-14(13)17(15)5/h6-11H,1H2,2-5H3/q+1/b11-10+. The highest BCUT2D eigenvalue weighted by Crippen LogP contribution is 2.38. The van der Waals surface area contributed by atoms with Crippen LogP contribution in [0.4, 0.5) is 5.69 Å². The van der Waals surface area contributed by atoms with Gasteiger partial charge in [0.25, 0.3) is 0 Å². The van der Waals surface area contributed by atoms with Crippen molar-refractivity contribution in [3.05, 3.63) is 54.1 Å². The van der Waals surface area contributed by atoms with E-state index in [1.54, 1.807) is 0 Å². The quantitative estimate of drug-likeness (QED) is 0.532. The Hall–Kier alpha value is -1.63. The summed E-state index contributed by atoms with van der Waals surface area (Å²) in [5, 5.41) is 0. The van der Waals surface area contributed by atoms with Crippen LogP contribution in [0.5, 0.6) is 0 Å². The second kappa shape index (κ2) is 3.99. The Morgan fingerprint density at radius 1 is 1.29 bits per heavy atom. The van der Waals surface area contributed by atoms with Crippen LogP contribution in [0.25, 0.3) is 0 Å². The minimum Gasteiger partial charge on any atom is -0.198 e. The maximum Gasteiger partial charge on any atom is 0.209 e. The summed E-state index contributed by atoms with van der Waals surface area (Å²) in [6.45, 7) is 10.5. The molecule has 1 aliphatic rings. The van der Waals surface area contributed by atoms with Crippen LogP contribution in [0.2, 0.25) is 0 Å². The molecule has 0 radical (unpaired) electrons. The molecule has 0 saturated carbocycles. The van der Waals surface area contributed by atoms with E-state index >= 15 is 0 Å². The molecule has 17 heavy (non-hydrogen) atoms. The lowest BCUT2D eigenvalue weighted by Crippen LogP contribution is -2.26. The van der Waals surface area contributed by atoms with Crippen molar-refractivity contribution in [2.75, 3.05) is 7.05 Å². The second-order valence-corrected chi connectivity index (χ2v) is 5.27. The van der Waals surface area contributed by atoms with Crippen LogP contribution >= 0.6 is 0 Å². The molecule has 0 spiro atoms. The van der Waals surface area contributed by atoms with Crippen molar-refractivity contribution in [1.82, 2.24) is 0 Å². The summed E-state index contributed by atoms with van der Waals surface area (Å²) < 4.78 is 2.27. The summed E-state index contributed by atoms with van der Waals surface area (Å²) in [6, 6.07) is 8.60. The van der Waals surface area contributed by atoms with E-state index in [0.717, 1.165) is 5.57 Å². The molecule has 0 aliphatic carbocycles. The molecule has 0 amide bonds. The van der Waals surface area contributed by atoms with Gasteiger partial charge >= 0.3 is 0 Å². The normalized spacial score (nSPS) is 17.6. The van der Waals surface area contributed by atoms with Gasteiger partial charge in [0.2, 0.25) is 5.69 Å². The van der Waals surface area contributed by atoms with Gasteiger partial charge in [-0.2, -0.15) is 4.58 Å². The van der Waals surface area contributed by atoms with Crippen LogP contribution in [0.1, 0.15) is 26.3 Å². The lowest BCUT2D eigenvalue weighted by Gasteiger charge is -2.15. The zero-order valence-corrected chi connectivity index (χ0v) is 11.1. The van der Waals surface area contributed by atoms with Crippen LogP contribution < -0.4 is 0 Å². The summed E-state index contributed by atoms with van der Waals surface area (Å²) in [5.41, 5.74) is 5.17. The predicted octanol–water partition coefficient (Wildman–Crippen LogP) is 3.82. The second-order valence-electron chi connectivity index (χ2n) is 5.27. The van der Waals surface area contributed by atoms with Crippen molar-refractivity contribution in [3.63, 3.8) is 0 Å². The third-order valence-electron chi connectivity index (χ3n) is 3.47. The van der Waals surface area contributed by atoms with Gasteiger partial charge in [-0.1, -0.05) is 36.4 Å². The maximum absolute atomic E-state index is 3.92. The molecule has 1 aromatic carbocycles. The number of fused-ring (bicyclic) bond motifs is 1. The van der Waals surface area contributed by atoms with Crippen molar-refractivity contribution in [2.24, 2.45) is 0 Å². The number of hydrogen-bond donors (Lipinski definition) is 0. The molecule has 0 bridgehead atoms. The van der Waals surface area contributed by atoms with Crippen molar-refractivity contribution in [3.8, 4) is 0 Å². The third kappa shape index (κ3) is 1.86. The van der Waals surface area contributed by atoms with Crippen molar-refractivity contribution < 1.29 is 4.58 Å². The number of nitrogens with zero attached hydrogens (tertiary/aromatic N) is 1. The largest absolute Gasteiger partial charge is 0.209 e. The fourth-order valence-corrected chi connectivity index (χ4v) is 2.52. The Kier molecular flexibility index (Phi) is 2.78. The Balaban J connectivity index is 2.56. The fourth-order valence-electron chi connectivity index (χ4n) is 2.52. The number of benzene rings is 1. The first-order chi connectivity index (χ1) is 7.94. The van der Waals surface area contributed by atoms with Crippen LogP contribution in [-0.4, -0.2) is 17.3 Å². The summed E-state index contributed by atoms with van der Waals surface area (Å²) in [7, 11) is 2.13. The Morgan fingerprint density at radius 3 is 2.53 bits per heavy atom. The SMILES string of the molecule is C=C(C)/C=C/C1=[N+](C)c2ccccc2C1(C)C. The molecule has 1 heteroatoms. The highest BCUT2D eigenvalue weighted by atomic mass is 15.0. The van der Waals surface area contributed by atoms with E-state index in [1.807, 2.05) is 6.92 Å². The Morgan fingerprint density at radius 2 is 1.94 bits per heavy atom. The molecule has 0 atom stereocenters. The molecule has 0 N–H and O–H groups in total. The van der Waals surface area contributed by atoms with Crippen LogP contribution in [-0.2, 0) is 5.41 Å². The van der Waals surface area contributed by atoms with Gasteiger partial charge in [-0.25, -0.2) is 0 Å². The van der Waals surface area contributed by atoms with Gasteiger partial charge in [-0.05, 0) is 20.8 Å². The molecular formula is C16H20N+. The van der Waals surface area contributed by atoms with Crippen LogP contribution in [0.15, 0.2) is 48.6 Å². The van der Waals surface area contributed by atoms with Crippen LogP contribution in [0, 0.1) is 0 Å². The van der Waals surface area contributed by atoms with Gasteiger partial charge in [0.1, 0.15) is 7.05 Å². The lowest BCUT2D eigenvalue weighted by atomic mass is 9.81. The predicted molar refractivity (Wildman–Crippen MR) is 74.3 cm³/mol. The zero-order valence-electron chi connectivity index (χ0n) is 11.1. The van der Waals surface area contributed by atoms with Gasteiger partial charge in [0, 0.05) is 17.7 Å². The first-order valence-corrected chi connectivity index (χ1v) is 5.99. The number of hydrogen-bond acceptors (Lipinski definition) is 0. The summed E-state index contributed by atoms with van der Waals surface area (Å²) in [6.07, 6.45) is 4.27. The summed E-state index contributed by atoms with van der Waals surface area (Å²) in [4.78, 5) is 0. The van der Waals surface area contributed by atoms with Gasteiger partial charge in [-0.3, -0.25) is 0 Å². The third-order valence-corrected chi connectivity index (χ3v) is 3.47. The smallest absolute Gasteiger partial charge is 0.198 e. The van der Waals surface area contributed by atoms with E-state index in [0.29, 0.717) is 0 Å².